The van der Waals surface area contributed by atoms with Crippen molar-refractivity contribution in [3.05, 3.63) is 24.0 Å². The van der Waals surface area contributed by atoms with E-state index in [9.17, 15) is 0 Å². The molecule has 0 radical (unpaired) electrons. The number of anilines is 1. The maximum Gasteiger partial charge on any atom is 0.106 e. The van der Waals surface area contributed by atoms with E-state index in [1.54, 1.807) is 0 Å². The van der Waals surface area contributed by atoms with Crippen LogP contribution in [0.2, 0.25) is 0 Å². The molecule has 2 N–H and O–H groups in total. The molecule has 86 valence electrons. The van der Waals surface area contributed by atoms with Crippen LogP contribution in [0.4, 0.5) is 5.69 Å². The first-order valence-electron chi connectivity index (χ1n) is 5.84. The van der Waals surface area contributed by atoms with Crippen molar-refractivity contribution >= 4 is 16.7 Å². The Hall–Kier alpha value is -1.51. The molecular formula is C13H19N3. The molecule has 0 saturated carbocycles. The second-order valence-corrected chi connectivity index (χ2v) is 4.53. The Labute approximate surface area is 96.3 Å². The van der Waals surface area contributed by atoms with E-state index in [1.165, 1.54) is 11.9 Å². The molecule has 2 aromatic rings. The molecule has 3 heteroatoms. The van der Waals surface area contributed by atoms with Crippen molar-refractivity contribution in [1.29, 1.82) is 0 Å². The highest BCUT2D eigenvalue weighted by molar-refractivity contribution is 5.79. The topological polar surface area (TPSA) is 43.8 Å². The SMILES string of the molecule is CCC(C)Cn1c(C)nc2cc(N)ccc21. The van der Waals surface area contributed by atoms with Crippen molar-refractivity contribution in [2.75, 3.05) is 5.73 Å². The lowest BCUT2D eigenvalue weighted by molar-refractivity contribution is 0.470. The molecule has 0 saturated heterocycles. The van der Waals surface area contributed by atoms with Crippen molar-refractivity contribution in [2.24, 2.45) is 5.92 Å². The fourth-order valence-electron chi connectivity index (χ4n) is 1.94. The molecular weight excluding hydrogens is 198 g/mol. The zero-order valence-corrected chi connectivity index (χ0v) is 10.2. The lowest BCUT2D eigenvalue weighted by Crippen LogP contribution is -2.08. The first kappa shape index (κ1) is 11.0. The standard InChI is InChI=1S/C13H19N3/c1-4-9(2)8-16-10(3)15-12-7-11(14)5-6-13(12)16/h5-7,9H,4,8,14H2,1-3H3. The first-order valence-corrected chi connectivity index (χ1v) is 5.84. The van der Waals surface area contributed by atoms with Crippen LogP contribution in [0.5, 0.6) is 0 Å². The molecule has 0 amide bonds. The summed E-state index contributed by atoms with van der Waals surface area (Å²) in [6.07, 6.45) is 1.19. The van der Waals surface area contributed by atoms with Crippen LogP contribution < -0.4 is 5.73 Å². The minimum atomic E-state index is 0.675. The molecule has 1 aromatic carbocycles. The van der Waals surface area contributed by atoms with Crippen LogP contribution in [0.25, 0.3) is 11.0 Å². The number of aromatic nitrogens is 2. The van der Waals surface area contributed by atoms with E-state index in [0.717, 1.165) is 23.6 Å². The second-order valence-electron chi connectivity index (χ2n) is 4.53. The van der Waals surface area contributed by atoms with Crippen LogP contribution in [0.1, 0.15) is 26.1 Å². The molecule has 0 bridgehead atoms. The normalized spacial score (nSPS) is 13.2. The van der Waals surface area contributed by atoms with Gasteiger partial charge in [0.1, 0.15) is 5.82 Å². The van der Waals surface area contributed by atoms with Crippen LogP contribution >= 0.6 is 0 Å². The summed E-state index contributed by atoms with van der Waals surface area (Å²) in [6, 6.07) is 5.94. The van der Waals surface area contributed by atoms with Crippen LogP contribution in [0.15, 0.2) is 18.2 Å². The molecule has 0 spiro atoms. The highest BCUT2D eigenvalue weighted by Gasteiger charge is 2.09. The van der Waals surface area contributed by atoms with Gasteiger partial charge < -0.3 is 10.3 Å². The Balaban J connectivity index is 2.47. The molecule has 3 nitrogen and oxygen atoms in total. The molecule has 0 aliphatic rings. The second kappa shape index (κ2) is 4.16. The summed E-state index contributed by atoms with van der Waals surface area (Å²) in [5.74, 6) is 1.74. The van der Waals surface area contributed by atoms with E-state index in [2.05, 4.69) is 36.4 Å². The molecule has 2 rings (SSSR count). The van der Waals surface area contributed by atoms with Gasteiger partial charge in [-0.2, -0.15) is 0 Å². The lowest BCUT2D eigenvalue weighted by Gasteiger charge is -2.12. The zero-order valence-electron chi connectivity index (χ0n) is 10.2. The number of imidazole rings is 1. The minimum absolute atomic E-state index is 0.675. The van der Waals surface area contributed by atoms with Crippen molar-refractivity contribution < 1.29 is 0 Å². The highest BCUT2D eigenvalue weighted by atomic mass is 15.1. The highest BCUT2D eigenvalue weighted by Crippen LogP contribution is 2.20. The third-order valence-electron chi connectivity index (χ3n) is 3.15. The van der Waals surface area contributed by atoms with Gasteiger partial charge in [0, 0.05) is 12.2 Å². The van der Waals surface area contributed by atoms with Crippen molar-refractivity contribution in [2.45, 2.75) is 33.7 Å². The maximum absolute atomic E-state index is 5.76. The Morgan fingerprint density at radius 2 is 2.19 bits per heavy atom. The largest absolute Gasteiger partial charge is 0.399 e. The van der Waals surface area contributed by atoms with E-state index in [1.807, 2.05) is 12.1 Å². The average Bonchev–Trinajstić information content (AvgIpc) is 2.54. The fraction of sp³-hybridized carbons (Fsp3) is 0.462. The summed E-state index contributed by atoms with van der Waals surface area (Å²) in [5, 5.41) is 0. The molecule has 16 heavy (non-hydrogen) atoms. The molecule has 0 aliphatic carbocycles. The Bertz CT molecular complexity index is 499. The number of fused-ring (bicyclic) bond motifs is 1. The summed E-state index contributed by atoms with van der Waals surface area (Å²) in [7, 11) is 0. The quantitative estimate of drug-likeness (QED) is 0.803. The average molecular weight is 217 g/mol. The van der Waals surface area contributed by atoms with Gasteiger partial charge in [0.2, 0.25) is 0 Å². The molecule has 1 atom stereocenters. The van der Waals surface area contributed by atoms with Crippen LogP contribution in [0, 0.1) is 12.8 Å². The number of nitrogens with two attached hydrogens (primary N) is 1. The maximum atomic E-state index is 5.76. The smallest absolute Gasteiger partial charge is 0.106 e. The minimum Gasteiger partial charge on any atom is -0.399 e. The number of rotatable bonds is 3. The molecule has 1 aromatic heterocycles. The summed E-state index contributed by atoms with van der Waals surface area (Å²) >= 11 is 0. The summed E-state index contributed by atoms with van der Waals surface area (Å²) in [5.41, 5.74) is 8.73. The van der Waals surface area contributed by atoms with Gasteiger partial charge in [0.25, 0.3) is 0 Å². The van der Waals surface area contributed by atoms with E-state index < -0.39 is 0 Å². The van der Waals surface area contributed by atoms with Gasteiger partial charge in [0.15, 0.2) is 0 Å². The van der Waals surface area contributed by atoms with Gasteiger partial charge in [-0.15, -0.1) is 0 Å². The lowest BCUT2D eigenvalue weighted by atomic mass is 10.1. The van der Waals surface area contributed by atoms with E-state index in [4.69, 9.17) is 5.73 Å². The van der Waals surface area contributed by atoms with Crippen molar-refractivity contribution in [3.8, 4) is 0 Å². The van der Waals surface area contributed by atoms with E-state index in [-0.39, 0.29) is 0 Å². The number of nitrogen functional groups attached to an aromatic ring is 1. The monoisotopic (exact) mass is 217 g/mol. The Kier molecular flexibility index (Phi) is 2.86. The predicted octanol–water partition coefficient (Wildman–Crippen LogP) is 2.97. The van der Waals surface area contributed by atoms with Gasteiger partial charge in [-0.25, -0.2) is 4.98 Å². The van der Waals surface area contributed by atoms with Gasteiger partial charge in [-0.1, -0.05) is 20.3 Å². The summed E-state index contributed by atoms with van der Waals surface area (Å²) in [6.45, 7) is 7.57. The number of hydrogen-bond acceptors (Lipinski definition) is 2. The van der Waals surface area contributed by atoms with Gasteiger partial charge in [-0.3, -0.25) is 0 Å². The Morgan fingerprint density at radius 3 is 2.88 bits per heavy atom. The number of aryl methyl sites for hydroxylation is 1. The number of nitrogens with zero attached hydrogens (tertiary/aromatic N) is 2. The third kappa shape index (κ3) is 1.90. The van der Waals surface area contributed by atoms with Crippen LogP contribution in [0.3, 0.4) is 0 Å². The van der Waals surface area contributed by atoms with Crippen LogP contribution in [-0.4, -0.2) is 9.55 Å². The van der Waals surface area contributed by atoms with Gasteiger partial charge in [0.05, 0.1) is 11.0 Å². The van der Waals surface area contributed by atoms with Gasteiger partial charge >= 0.3 is 0 Å². The van der Waals surface area contributed by atoms with E-state index in [0.29, 0.717) is 5.92 Å². The molecule has 0 aliphatic heterocycles. The fourth-order valence-corrected chi connectivity index (χ4v) is 1.94. The Morgan fingerprint density at radius 1 is 1.44 bits per heavy atom. The van der Waals surface area contributed by atoms with Crippen molar-refractivity contribution in [1.82, 2.24) is 9.55 Å². The first-order chi connectivity index (χ1) is 7.61. The third-order valence-corrected chi connectivity index (χ3v) is 3.15. The predicted molar refractivity (Wildman–Crippen MR) is 68.3 cm³/mol. The summed E-state index contributed by atoms with van der Waals surface area (Å²) in [4.78, 5) is 4.54. The number of benzene rings is 1. The summed E-state index contributed by atoms with van der Waals surface area (Å²) < 4.78 is 2.28. The van der Waals surface area contributed by atoms with Crippen molar-refractivity contribution in [3.63, 3.8) is 0 Å². The number of hydrogen-bond donors (Lipinski definition) is 1. The van der Waals surface area contributed by atoms with Gasteiger partial charge in [-0.05, 0) is 31.0 Å². The molecule has 0 fully saturated rings. The van der Waals surface area contributed by atoms with E-state index >= 15 is 0 Å². The molecule has 1 unspecified atom stereocenters. The van der Waals surface area contributed by atoms with Crippen LogP contribution in [-0.2, 0) is 6.54 Å². The zero-order chi connectivity index (χ0) is 11.7. The molecule has 1 heterocycles.